The first-order valence-corrected chi connectivity index (χ1v) is 7.69. The van der Waals surface area contributed by atoms with Gasteiger partial charge in [0.05, 0.1) is 0 Å². The van der Waals surface area contributed by atoms with Crippen LogP contribution in [0, 0.1) is 5.92 Å². The first-order chi connectivity index (χ1) is 10.7. The van der Waals surface area contributed by atoms with E-state index in [1.807, 2.05) is 24.3 Å². The van der Waals surface area contributed by atoms with Gasteiger partial charge in [-0.2, -0.15) is 0 Å². The fraction of sp³-hybridized carbons (Fsp3) is 0.353. The highest BCUT2D eigenvalue weighted by molar-refractivity contribution is 5.92. The van der Waals surface area contributed by atoms with E-state index in [4.69, 9.17) is 10.2 Å². The highest BCUT2D eigenvalue weighted by Crippen LogP contribution is 2.32. The lowest BCUT2D eigenvalue weighted by atomic mass is 10.1. The van der Waals surface area contributed by atoms with Gasteiger partial charge < -0.3 is 20.8 Å². The predicted molar refractivity (Wildman–Crippen MR) is 84.3 cm³/mol. The van der Waals surface area contributed by atoms with Gasteiger partial charge in [-0.1, -0.05) is 12.1 Å². The zero-order valence-electron chi connectivity index (χ0n) is 12.2. The third kappa shape index (κ3) is 2.27. The number of carbonyl (C=O) groups excluding carboxylic acids is 1. The second-order valence-corrected chi connectivity index (χ2v) is 6.18. The maximum atomic E-state index is 12.3. The van der Waals surface area contributed by atoms with Crippen LogP contribution in [0.15, 0.2) is 40.8 Å². The van der Waals surface area contributed by atoms with E-state index in [9.17, 15) is 4.79 Å². The van der Waals surface area contributed by atoms with Crippen LogP contribution in [-0.4, -0.2) is 24.5 Å². The molecule has 4 N–H and O–H groups in total. The van der Waals surface area contributed by atoms with Crippen molar-refractivity contribution in [3.05, 3.63) is 42.2 Å². The van der Waals surface area contributed by atoms with Gasteiger partial charge in [0.15, 0.2) is 5.76 Å². The summed E-state index contributed by atoms with van der Waals surface area (Å²) in [6, 6.07) is 11.6. The molecule has 2 aliphatic rings. The number of para-hydroxylation sites is 1. The molecule has 1 amide bonds. The molecule has 5 nitrogen and oxygen atoms in total. The van der Waals surface area contributed by atoms with E-state index in [1.165, 1.54) is 0 Å². The summed E-state index contributed by atoms with van der Waals surface area (Å²) in [7, 11) is 0. The minimum Gasteiger partial charge on any atom is -0.451 e. The van der Waals surface area contributed by atoms with Gasteiger partial charge in [-0.15, -0.1) is 0 Å². The number of nitrogens with two attached hydrogens (primary N) is 1. The average molecular weight is 297 g/mol. The van der Waals surface area contributed by atoms with Gasteiger partial charge in [0.25, 0.3) is 5.91 Å². The Morgan fingerprint density at radius 2 is 2.09 bits per heavy atom. The summed E-state index contributed by atoms with van der Waals surface area (Å²) in [6.07, 6.45) is 2.22. The van der Waals surface area contributed by atoms with Gasteiger partial charge in [0.1, 0.15) is 5.76 Å². The van der Waals surface area contributed by atoms with Gasteiger partial charge in [0, 0.05) is 23.3 Å². The molecule has 1 aromatic heterocycles. The molecule has 0 spiro atoms. The molecule has 1 aliphatic carbocycles. The minimum absolute atomic E-state index is 0.153. The van der Waals surface area contributed by atoms with Crippen LogP contribution in [0.5, 0.6) is 0 Å². The number of benzene rings is 1. The molecule has 1 saturated carbocycles. The minimum atomic E-state index is -0.153. The van der Waals surface area contributed by atoms with Gasteiger partial charge in [0.2, 0.25) is 0 Å². The Morgan fingerprint density at radius 3 is 2.82 bits per heavy atom. The fourth-order valence-electron chi connectivity index (χ4n) is 3.58. The van der Waals surface area contributed by atoms with Gasteiger partial charge >= 0.3 is 0 Å². The standard InChI is InChI=1S/C17H19N3O2/c18-12-4-2-1-3-11(12)15-5-6-16(22-15)17(21)20-14-8-10-7-13(14)19-9-10/h1-6,10,13-14,19H,7-9,18H2,(H,20,21). The number of piperidine rings is 1. The third-order valence-electron chi connectivity index (χ3n) is 4.70. The molecule has 2 fully saturated rings. The molecule has 1 saturated heterocycles. The molecule has 1 aromatic carbocycles. The van der Waals surface area contributed by atoms with E-state index >= 15 is 0 Å². The normalized spacial score (nSPS) is 26.3. The van der Waals surface area contributed by atoms with Crippen molar-refractivity contribution in [1.29, 1.82) is 0 Å². The van der Waals surface area contributed by atoms with E-state index in [2.05, 4.69) is 10.6 Å². The van der Waals surface area contributed by atoms with E-state index in [0.717, 1.165) is 24.9 Å². The predicted octanol–water partition coefficient (Wildman–Crippen LogP) is 2.01. The number of nitrogen functional groups attached to an aromatic ring is 1. The van der Waals surface area contributed by atoms with Crippen LogP contribution < -0.4 is 16.4 Å². The van der Waals surface area contributed by atoms with E-state index in [-0.39, 0.29) is 11.9 Å². The quantitative estimate of drug-likeness (QED) is 0.757. The first-order valence-electron chi connectivity index (χ1n) is 7.69. The van der Waals surface area contributed by atoms with Crippen molar-refractivity contribution in [2.75, 3.05) is 12.3 Å². The summed E-state index contributed by atoms with van der Waals surface area (Å²) in [4.78, 5) is 12.3. The highest BCUT2D eigenvalue weighted by atomic mass is 16.3. The number of furan rings is 1. The number of hydrogen-bond donors (Lipinski definition) is 3. The number of fused-ring (bicyclic) bond motifs is 2. The number of nitrogens with one attached hydrogen (secondary N) is 2. The molecular formula is C17H19N3O2. The third-order valence-corrected chi connectivity index (χ3v) is 4.70. The maximum absolute atomic E-state index is 12.3. The lowest BCUT2D eigenvalue weighted by molar-refractivity contribution is 0.0901. The van der Waals surface area contributed by atoms with Crippen molar-refractivity contribution in [3.63, 3.8) is 0 Å². The molecule has 2 aromatic rings. The Morgan fingerprint density at radius 1 is 1.23 bits per heavy atom. The Kier molecular flexibility index (Phi) is 3.15. The largest absolute Gasteiger partial charge is 0.451 e. The SMILES string of the molecule is Nc1ccccc1-c1ccc(C(=O)NC2CC3CNC2C3)o1. The van der Waals surface area contributed by atoms with E-state index in [0.29, 0.717) is 29.2 Å². The van der Waals surface area contributed by atoms with Gasteiger partial charge in [-0.05, 0) is 49.6 Å². The number of anilines is 1. The Hall–Kier alpha value is -2.27. The zero-order valence-corrected chi connectivity index (χ0v) is 12.2. The van der Waals surface area contributed by atoms with Crippen molar-refractivity contribution >= 4 is 11.6 Å². The summed E-state index contributed by atoms with van der Waals surface area (Å²) in [5.74, 6) is 1.50. The lowest BCUT2D eigenvalue weighted by Gasteiger charge is -2.23. The number of rotatable bonds is 3. The van der Waals surface area contributed by atoms with Crippen LogP contribution in [0.25, 0.3) is 11.3 Å². The van der Waals surface area contributed by atoms with Crippen LogP contribution in [0.3, 0.4) is 0 Å². The molecule has 4 rings (SSSR count). The van der Waals surface area contributed by atoms with Gasteiger partial charge in [-0.3, -0.25) is 4.79 Å². The number of amides is 1. The van der Waals surface area contributed by atoms with Crippen LogP contribution in [-0.2, 0) is 0 Å². The summed E-state index contributed by atoms with van der Waals surface area (Å²) >= 11 is 0. The van der Waals surface area contributed by atoms with Crippen LogP contribution in [0.2, 0.25) is 0 Å². The summed E-state index contributed by atoms with van der Waals surface area (Å²) in [6.45, 7) is 1.08. The lowest BCUT2D eigenvalue weighted by Crippen LogP contribution is -2.47. The van der Waals surface area contributed by atoms with Crippen molar-refractivity contribution in [2.24, 2.45) is 5.92 Å². The first kappa shape index (κ1) is 13.4. The van der Waals surface area contributed by atoms with Crippen molar-refractivity contribution in [3.8, 4) is 11.3 Å². The summed E-state index contributed by atoms with van der Waals surface area (Å²) < 4.78 is 5.69. The molecule has 1 aliphatic heterocycles. The second-order valence-electron chi connectivity index (χ2n) is 6.18. The number of hydrogen-bond acceptors (Lipinski definition) is 4. The highest BCUT2D eigenvalue weighted by Gasteiger charge is 2.40. The molecule has 3 unspecified atom stereocenters. The van der Waals surface area contributed by atoms with Crippen LogP contribution in [0.4, 0.5) is 5.69 Å². The molecule has 0 radical (unpaired) electrons. The second kappa shape index (κ2) is 5.18. The van der Waals surface area contributed by atoms with Crippen LogP contribution >= 0.6 is 0 Å². The zero-order chi connectivity index (χ0) is 15.1. The van der Waals surface area contributed by atoms with Crippen molar-refractivity contribution in [1.82, 2.24) is 10.6 Å². The Balaban J connectivity index is 1.49. The summed E-state index contributed by atoms with van der Waals surface area (Å²) in [5.41, 5.74) is 7.39. The Labute approximate surface area is 128 Å². The molecule has 114 valence electrons. The molecule has 2 heterocycles. The van der Waals surface area contributed by atoms with E-state index < -0.39 is 0 Å². The molecule has 5 heteroatoms. The Bertz CT molecular complexity index is 709. The molecule has 3 atom stereocenters. The van der Waals surface area contributed by atoms with Gasteiger partial charge in [-0.25, -0.2) is 0 Å². The topological polar surface area (TPSA) is 80.3 Å². The summed E-state index contributed by atoms with van der Waals surface area (Å²) in [5, 5.41) is 6.52. The monoisotopic (exact) mass is 297 g/mol. The van der Waals surface area contributed by atoms with Crippen molar-refractivity contribution in [2.45, 2.75) is 24.9 Å². The molecule has 22 heavy (non-hydrogen) atoms. The molecular weight excluding hydrogens is 278 g/mol. The fourth-order valence-corrected chi connectivity index (χ4v) is 3.58. The smallest absolute Gasteiger partial charge is 0.287 e. The maximum Gasteiger partial charge on any atom is 0.287 e. The van der Waals surface area contributed by atoms with Crippen molar-refractivity contribution < 1.29 is 9.21 Å². The van der Waals surface area contributed by atoms with E-state index in [1.54, 1.807) is 12.1 Å². The number of carbonyl (C=O) groups is 1. The van der Waals surface area contributed by atoms with Crippen LogP contribution in [0.1, 0.15) is 23.4 Å². The average Bonchev–Trinajstić information content (AvgIpc) is 3.24. The molecule has 2 bridgehead atoms.